The molecular formula is C12H18O2. The van der Waals surface area contributed by atoms with Crippen molar-refractivity contribution in [2.75, 3.05) is 0 Å². The van der Waals surface area contributed by atoms with Crippen LogP contribution in [-0.4, -0.2) is 21.9 Å². The minimum absolute atomic E-state index is 0.160. The van der Waals surface area contributed by atoms with Gasteiger partial charge in [0.15, 0.2) is 0 Å². The zero-order valence-corrected chi connectivity index (χ0v) is 8.66. The van der Waals surface area contributed by atoms with Gasteiger partial charge in [0.05, 0.1) is 6.10 Å². The summed E-state index contributed by atoms with van der Waals surface area (Å²) in [6.45, 7) is 9.66. The SMILES string of the molecule is C=C[C@]1(O)[C@@H](O)[C@H]2CC[C@]1(C)C(=C)C2. The topological polar surface area (TPSA) is 40.5 Å². The van der Waals surface area contributed by atoms with Crippen molar-refractivity contribution in [2.45, 2.75) is 37.9 Å². The average Bonchev–Trinajstić information content (AvgIpc) is 2.17. The van der Waals surface area contributed by atoms with E-state index in [1.807, 2.05) is 6.92 Å². The molecular weight excluding hydrogens is 176 g/mol. The van der Waals surface area contributed by atoms with Crippen LogP contribution in [-0.2, 0) is 0 Å². The van der Waals surface area contributed by atoms with Gasteiger partial charge in [-0.15, -0.1) is 6.58 Å². The van der Waals surface area contributed by atoms with Gasteiger partial charge in [-0.3, -0.25) is 0 Å². The standard InChI is InChI=1S/C12H18O2/c1-4-12(14)10(13)9-5-6-11(12,3)8(2)7-9/h4,9-10,13-14H,1-2,5-7H2,3H3/t9-,10-,11+,12-/m0/s1. The predicted molar refractivity (Wildman–Crippen MR) is 55.7 cm³/mol. The number of fused-ring (bicyclic) bond motifs is 3. The van der Waals surface area contributed by atoms with Crippen molar-refractivity contribution in [3.8, 4) is 0 Å². The van der Waals surface area contributed by atoms with Crippen molar-refractivity contribution in [1.29, 1.82) is 0 Å². The van der Waals surface area contributed by atoms with Crippen LogP contribution in [0.1, 0.15) is 26.2 Å². The maximum Gasteiger partial charge on any atom is 0.118 e. The highest BCUT2D eigenvalue weighted by Gasteiger charge is 2.60. The summed E-state index contributed by atoms with van der Waals surface area (Å²) in [5.74, 6) is 0.160. The summed E-state index contributed by atoms with van der Waals surface area (Å²) >= 11 is 0. The van der Waals surface area contributed by atoms with E-state index in [1.165, 1.54) is 6.08 Å². The number of rotatable bonds is 1. The van der Waals surface area contributed by atoms with Crippen LogP contribution in [0.15, 0.2) is 24.8 Å². The van der Waals surface area contributed by atoms with Gasteiger partial charge in [0.1, 0.15) is 5.60 Å². The van der Waals surface area contributed by atoms with Crippen molar-refractivity contribution in [2.24, 2.45) is 11.3 Å². The molecule has 2 N–H and O–H groups in total. The molecule has 3 fully saturated rings. The summed E-state index contributed by atoms with van der Waals surface area (Å²) in [5.41, 5.74) is -0.504. The second-order valence-corrected chi connectivity index (χ2v) is 4.91. The van der Waals surface area contributed by atoms with E-state index in [0.29, 0.717) is 0 Å². The Balaban J connectivity index is 2.51. The van der Waals surface area contributed by atoms with E-state index in [9.17, 15) is 10.2 Å². The normalized spacial score (nSPS) is 52.1. The molecule has 0 aromatic heterocycles. The molecule has 3 saturated carbocycles. The van der Waals surface area contributed by atoms with E-state index in [1.54, 1.807) is 0 Å². The highest BCUT2D eigenvalue weighted by molar-refractivity contribution is 5.31. The minimum Gasteiger partial charge on any atom is -0.389 e. The molecule has 0 spiro atoms. The zero-order chi connectivity index (χ0) is 10.6. The molecule has 14 heavy (non-hydrogen) atoms. The Labute approximate surface area is 85.0 Å². The first-order chi connectivity index (χ1) is 6.45. The summed E-state index contributed by atoms with van der Waals surface area (Å²) < 4.78 is 0. The molecule has 0 saturated heterocycles. The zero-order valence-electron chi connectivity index (χ0n) is 8.66. The highest BCUT2D eigenvalue weighted by atomic mass is 16.3. The van der Waals surface area contributed by atoms with Gasteiger partial charge >= 0.3 is 0 Å². The predicted octanol–water partition coefficient (Wildman–Crippen LogP) is 1.64. The molecule has 0 amide bonds. The molecule has 3 aliphatic rings. The van der Waals surface area contributed by atoms with E-state index >= 15 is 0 Å². The Morgan fingerprint density at radius 3 is 2.64 bits per heavy atom. The van der Waals surface area contributed by atoms with Crippen molar-refractivity contribution in [3.63, 3.8) is 0 Å². The summed E-state index contributed by atoms with van der Waals surface area (Å²) in [7, 11) is 0. The molecule has 3 aliphatic carbocycles. The van der Waals surface area contributed by atoms with Gasteiger partial charge in [-0.25, -0.2) is 0 Å². The molecule has 3 rings (SSSR count). The Morgan fingerprint density at radius 1 is 1.57 bits per heavy atom. The van der Waals surface area contributed by atoms with Crippen LogP contribution in [0, 0.1) is 11.3 Å². The monoisotopic (exact) mass is 194 g/mol. The van der Waals surface area contributed by atoms with Crippen molar-refractivity contribution >= 4 is 0 Å². The van der Waals surface area contributed by atoms with Crippen molar-refractivity contribution in [1.82, 2.24) is 0 Å². The number of aliphatic hydroxyl groups excluding tert-OH is 1. The maximum absolute atomic E-state index is 10.4. The second-order valence-electron chi connectivity index (χ2n) is 4.91. The lowest BCUT2D eigenvalue weighted by Crippen LogP contribution is -2.63. The molecule has 78 valence electrons. The average molecular weight is 194 g/mol. The summed E-state index contributed by atoms with van der Waals surface area (Å²) in [4.78, 5) is 0. The van der Waals surface area contributed by atoms with Crippen molar-refractivity contribution in [3.05, 3.63) is 24.8 Å². The van der Waals surface area contributed by atoms with Gasteiger partial charge in [-0.05, 0) is 25.2 Å². The number of aliphatic hydroxyl groups is 2. The van der Waals surface area contributed by atoms with Crippen LogP contribution >= 0.6 is 0 Å². The second kappa shape index (κ2) is 2.71. The van der Waals surface area contributed by atoms with Crippen LogP contribution < -0.4 is 0 Å². The lowest BCUT2D eigenvalue weighted by atomic mass is 9.50. The van der Waals surface area contributed by atoms with Gasteiger partial charge < -0.3 is 10.2 Å². The fourth-order valence-electron chi connectivity index (χ4n) is 3.08. The first-order valence-electron chi connectivity index (χ1n) is 5.18. The Kier molecular flexibility index (Phi) is 1.92. The van der Waals surface area contributed by atoms with E-state index < -0.39 is 11.7 Å². The van der Waals surface area contributed by atoms with Crippen LogP contribution in [0.4, 0.5) is 0 Å². The first-order valence-corrected chi connectivity index (χ1v) is 5.18. The molecule has 2 nitrogen and oxygen atoms in total. The van der Waals surface area contributed by atoms with E-state index in [2.05, 4.69) is 13.2 Å². The van der Waals surface area contributed by atoms with Crippen LogP contribution in [0.3, 0.4) is 0 Å². The fourth-order valence-corrected chi connectivity index (χ4v) is 3.08. The quantitative estimate of drug-likeness (QED) is 0.623. The maximum atomic E-state index is 10.4. The van der Waals surface area contributed by atoms with Gasteiger partial charge in [0.2, 0.25) is 0 Å². The first kappa shape index (κ1) is 9.94. The molecule has 2 heteroatoms. The molecule has 0 aromatic rings. The fraction of sp³-hybridized carbons (Fsp3) is 0.667. The molecule has 0 aliphatic heterocycles. The van der Waals surface area contributed by atoms with Gasteiger partial charge in [0.25, 0.3) is 0 Å². The van der Waals surface area contributed by atoms with Crippen LogP contribution in [0.2, 0.25) is 0 Å². The van der Waals surface area contributed by atoms with Gasteiger partial charge in [-0.2, -0.15) is 0 Å². The number of hydrogen-bond acceptors (Lipinski definition) is 2. The third-order valence-electron chi connectivity index (χ3n) is 4.40. The Morgan fingerprint density at radius 2 is 2.21 bits per heavy atom. The molecule has 0 unspecified atom stereocenters. The highest BCUT2D eigenvalue weighted by Crippen LogP contribution is 2.58. The molecule has 4 atom stereocenters. The molecule has 0 radical (unpaired) electrons. The summed E-state index contributed by atoms with van der Waals surface area (Å²) in [6.07, 6.45) is 3.54. The largest absolute Gasteiger partial charge is 0.389 e. The minimum atomic E-state index is -1.18. The van der Waals surface area contributed by atoms with E-state index in [4.69, 9.17) is 0 Å². The molecule has 2 bridgehead atoms. The smallest absolute Gasteiger partial charge is 0.118 e. The van der Waals surface area contributed by atoms with Crippen LogP contribution in [0.5, 0.6) is 0 Å². The number of hydrogen-bond donors (Lipinski definition) is 2. The summed E-state index contributed by atoms with van der Waals surface area (Å²) in [6, 6.07) is 0. The molecule has 0 aromatic carbocycles. The lowest BCUT2D eigenvalue weighted by Gasteiger charge is -2.58. The third-order valence-corrected chi connectivity index (χ3v) is 4.40. The van der Waals surface area contributed by atoms with E-state index in [0.717, 1.165) is 24.8 Å². The van der Waals surface area contributed by atoms with E-state index in [-0.39, 0.29) is 11.3 Å². The lowest BCUT2D eigenvalue weighted by molar-refractivity contribution is -0.175. The third kappa shape index (κ3) is 0.882. The van der Waals surface area contributed by atoms with Gasteiger partial charge in [-0.1, -0.05) is 25.2 Å². The van der Waals surface area contributed by atoms with Crippen molar-refractivity contribution < 1.29 is 10.2 Å². The Bertz CT molecular complexity index is 295. The molecule has 0 heterocycles. The summed E-state index contributed by atoms with van der Waals surface area (Å²) in [5, 5.41) is 20.5. The van der Waals surface area contributed by atoms with Gasteiger partial charge in [0, 0.05) is 5.41 Å². The van der Waals surface area contributed by atoms with Crippen LogP contribution in [0.25, 0.3) is 0 Å². The Hall–Kier alpha value is -0.600.